The van der Waals surface area contributed by atoms with E-state index < -0.39 is 0 Å². The van der Waals surface area contributed by atoms with Crippen molar-refractivity contribution in [3.8, 4) is 0 Å². The van der Waals surface area contributed by atoms with E-state index in [9.17, 15) is 4.79 Å². The topological polar surface area (TPSA) is 30.2 Å². The van der Waals surface area contributed by atoms with Gasteiger partial charge in [0.1, 0.15) is 11.2 Å². The molecule has 0 aliphatic heterocycles. The summed E-state index contributed by atoms with van der Waals surface area (Å²) in [5, 5.41) is 2.20. The number of hydrogen-bond donors (Lipinski definition) is 0. The van der Waals surface area contributed by atoms with Crippen LogP contribution in [-0.2, 0) is 0 Å². The van der Waals surface area contributed by atoms with E-state index in [4.69, 9.17) is 4.42 Å². The van der Waals surface area contributed by atoms with Crippen LogP contribution in [0.3, 0.4) is 0 Å². The molecule has 0 radical (unpaired) electrons. The molecule has 21 heavy (non-hydrogen) atoms. The first-order valence-electron chi connectivity index (χ1n) is 7.83. The van der Waals surface area contributed by atoms with Gasteiger partial charge in [-0.05, 0) is 18.9 Å². The summed E-state index contributed by atoms with van der Waals surface area (Å²) >= 11 is 0. The van der Waals surface area contributed by atoms with Crippen LogP contribution in [0.2, 0.25) is 0 Å². The number of fused-ring (bicyclic) bond motifs is 8. The van der Waals surface area contributed by atoms with Crippen LogP contribution in [0.5, 0.6) is 0 Å². The van der Waals surface area contributed by atoms with Crippen molar-refractivity contribution in [1.82, 2.24) is 0 Å². The zero-order chi connectivity index (χ0) is 14.4. The minimum Gasteiger partial charge on any atom is -0.455 e. The Morgan fingerprint density at radius 1 is 1.00 bits per heavy atom. The fraction of sp³-hybridized carbons (Fsp3) is 0.316. The maximum Gasteiger partial charge on any atom is 0.193 e. The van der Waals surface area contributed by atoms with E-state index in [2.05, 4.69) is 19.1 Å². The van der Waals surface area contributed by atoms with E-state index in [-0.39, 0.29) is 5.78 Å². The van der Waals surface area contributed by atoms with Gasteiger partial charge in [0.15, 0.2) is 5.78 Å². The second-order valence-corrected chi connectivity index (χ2v) is 5.90. The summed E-state index contributed by atoms with van der Waals surface area (Å²) in [4.78, 5) is 12.6. The number of furan rings is 2. The van der Waals surface area contributed by atoms with Crippen LogP contribution in [-0.4, -0.2) is 5.78 Å². The number of ketones is 1. The molecule has 2 bridgehead atoms. The molecule has 0 spiro atoms. The van der Waals surface area contributed by atoms with Crippen molar-refractivity contribution >= 4 is 33.8 Å². The smallest absolute Gasteiger partial charge is 0.193 e. The molecule has 106 valence electrons. The van der Waals surface area contributed by atoms with Crippen molar-refractivity contribution in [1.29, 1.82) is 0 Å². The zero-order valence-corrected chi connectivity index (χ0v) is 12.2. The van der Waals surface area contributed by atoms with E-state index in [1.54, 1.807) is 0 Å². The van der Waals surface area contributed by atoms with Gasteiger partial charge in [-0.2, -0.15) is 0 Å². The van der Waals surface area contributed by atoms with Gasteiger partial charge in [-0.3, -0.25) is 4.79 Å². The van der Waals surface area contributed by atoms with Gasteiger partial charge in [-0.25, -0.2) is 0 Å². The fourth-order valence-corrected chi connectivity index (χ4v) is 3.40. The van der Waals surface area contributed by atoms with Crippen LogP contribution in [0.1, 0.15) is 54.9 Å². The standard InChI is InChI=1S/C19H18O2/c1-2-3-4-5-8-12-11-15-16(17(12)20)19-14-10-7-6-9-13(14)18(15)21-19/h6-7,9-11H,2-5,8H2,1H3. The monoisotopic (exact) mass is 278 g/mol. The first-order chi connectivity index (χ1) is 10.3. The van der Waals surface area contributed by atoms with Gasteiger partial charge in [0.25, 0.3) is 0 Å². The molecule has 1 aliphatic carbocycles. The van der Waals surface area contributed by atoms with Crippen molar-refractivity contribution < 1.29 is 9.21 Å². The maximum atomic E-state index is 12.6. The van der Waals surface area contributed by atoms with Gasteiger partial charge in [-0.15, -0.1) is 0 Å². The molecule has 4 rings (SSSR count). The molecule has 2 nitrogen and oxygen atoms in total. The highest BCUT2D eigenvalue weighted by Crippen LogP contribution is 2.44. The summed E-state index contributed by atoms with van der Waals surface area (Å²) in [6, 6.07) is 8.12. The van der Waals surface area contributed by atoms with E-state index >= 15 is 0 Å². The van der Waals surface area contributed by atoms with E-state index in [0.717, 1.165) is 51.5 Å². The van der Waals surface area contributed by atoms with Gasteiger partial charge in [0.05, 0.1) is 5.56 Å². The summed E-state index contributed by atoms with van der Waals surface area (Å²) in [7, 11) is 0. The molecule has 0 unspecified atom stereocenters. The quantitative estimate of drug-likeness (QED) is 0.571. The number of benzene rings is 2. The van der Waals surface area contributed by atoms with Gasteiger partial charge in [-0.1, -0.05) is 50.5 Å². The molecule has 1 aliphatic rings. The Morgan fingerprint density at radius 3 is 2.52 bits per heavy atom. The fourth-order valence-electron chi connectivity index (χ4n) is 3.40. The minimum atomic E-state index is 0.181. The molecule has 2 heteroatoms. The first-order valence-corrected chi connectivity index (χ1v) is 7.83. The molecule has 0 saturated heterocycles. The predicted molar refractivity (Wildman–Crippen MR) is 86.0 cm³/mol. The molecule has 0 fully saturated rings. The number of Topliss-reactive ketones (excluding diaryl/α,β-unsaturated/α-hetero) is 1. The van der Waals surface area contributed by atoms with Crippen LogP contribution in [0, 0.1) is 0 Å². The second-order valence-electron chi connectivity index (χ2n) is 5.90. The number of hydrogen-bond acceptors (Lipinski definition) is 2. The Labute approximate surface area is 123 Å². The molecular formula is C19H18O2. The third-order valence-electron chi connectivity index (χ3n) is 4.50. The lowest BCUT2D eigenvalue weighted by atomic mass is 10.0. The number of unbranched alkanes of at least 4 members (excludes halogenated alkanes) is 3. The van der Waals surface area contributed by atoms with Crippen LogP contribution >= 0.6 is 0 Å². The van der Waals surface area contributed by atoms with Gasteiger partial charge >= 0.3 is 0 Å². The van der Waals surface area contributed by atoms with Crippen molar-refractivity contribution in [3.63, 3.8) is 0 Å². The number of carbonyl (C=O) groups is 1. The summed E-state index contributed by atoms with van der Waals surface area (Å²) in [5.74, 6) is 0.181. The van der Waals surface area contributed by atoms with Crippen LogP contribution < -0.4 is 0 Å². The van der Waals surface area contributed by atoms with Crippen molar-refractivity contribution in [2.45, 2.75) is 39.0 Å². The number of rotatable bonds is 5. The molecule has 0 saturated carbocycles. The Balaban J connectivity index is 1.70. The Kier molecular flexibility index (Phi) is 2.85. The lowest BCUT2D eigenvalue weighted by Gasteiger charge is -2.01. The second kappa shape index (κ2) is 4.73. The highest BCUT2D eigenvalue weighted by atomic mass is 16.3. The van der Waals surface area contributed by atoms with E-state index in [0.29, 0.717) is 0 Å². The summed E-state index contributed by atoms with van der Waals surface area (Å²) in [6.45, 7) is 2.20. The molecule has 3 aromatic rings. The average Bonchev–Trinajstić information content (AvgIpc) is 3.15. The third-order valence-corrected chi connectivity index (χ3v) is 4.50. The molecule has 0 amide bonds. The minimum absolute atomic E-state index is 0.181. The molecule has 2 aromatic heterocycles. The van der Waals surface area contributed by atoms with E-state index in [1.165, 1.54) is 19.3 Å². The lowest BCUT2D eigenvalue weighted by molar-refractivity contribution is 0.103. The largest absolute Gasteiger partial charge is 0.455 e. The van der Waals surface area contributed by atoms with Crippen molar-refractivity contribution in [2.24, 2.45) is 0 Å². The van der Waals surface area contributed by atoms with Crippen molar-refractivity contribution in [3.05, 3.63) is 41.0 Å². The van der Waals surface area contributed by atoms with Crippen LogP contribution in [0.15, 0.2) is 34.3 Å². The Hall–Kier alpha value is -2.09. The van der Waals surface area contributed by atoms with E-state index in [1.807, 2.05) is 18.2 Å². The SMILES string of the molecule is CCCCCCC1=Cc2c(c3oc2c2ccccc32)C1=O. The summed E-state index contributed by atoms with van der Waals surface area (Å²) in [6.07, 6.45) is 7.73. The Morgan fingerprint density at radius 2 is 1.76 bits per heavy atom. The maximum absolute atomic E-state index is 12.6. The highest BCUT2D eigenvalue weighted by Gasteiger charge is 2.32. The third kappa shape index (κ3) is 1.75. The number of carbonyl (C=O) groups excluding carboxylic acids is 1. The van der Waals surface area contributed by atoms with Gasteiger partial charge in [0.2, 0.25) is 0 Å². The normalized spacial score (nSPS) is 14.3. The molecule has 0 N–H and O–H groups in total. The summed E-state index contributed by atoms with van der Waals surface area (Å²) < 4.78 is 5.87. The lowest BCUT2D eigenvalue weighted by Crippen LogP contribution is -1.98. The Bertz CT molecular complexity index is 851. The predicted octanol–water partition coefficient (Wildman–Crippen LogP) is 5.57. The van der Waals surface area contributed by atoms with Gasteiger partial charge < -0.3 is 4.42 Å². The summed E-state index contributed by atoms with van der Waals surface area (Å²) in [5.41, 5.74) is 4.43. The van der Waals surface area contributed by atoms with Crippen LogP contribution in [0.25, 0.3) is 28.0 Å². The first kappa shape index (κ1) is 12.6. The zero-order valence-electron chi connectivity index (χ0n) is 12.2. The average molecular weight is 278 g/mol. The number of allylic oxidation sites excluding steroid dienone is 1. The molecule has 0 atom stereocenters. The highest BCUT2D eigenvalue weighted by molar-refractivity contribution is 6.29. The van der Waals surface area contributed by atoms with Crippen molar-refractivity contribution in [2.75, 3.05) is 0 Å². The molecule has 1 aromatic carbocycles. The van der Waals surface area contributed by atoms with Gasteiger partial charge in [0, 0.05) is 21.9 Å². The van der Waals surface area contributed by atoms with Crippen LogP contribution in [0.4, 0.5) is 0 Å². The molecule has 2 heterocycles. The molecular weight excluding hydrogens is 260 g/mol.